The minimum Gasteiger partial charge on any atom is -0.489 e. The lowest BCUT2D eigenvalue weighted by Gasteiger charge is -2.36. The Labute approximate surface area is 188 Å². The predicted octanol–water partition coefficient (Wildman–Crippen LogP) is 4.72. The Kier molecular flexibility index (Phi) is 7.50. The predicted molar refractivity (Wildman–Crippen MR) is 117 cm³/mol. The van der Waals surface area contributed by atoms with Gasteiger partial charge < -0.3 is 24.3 Å². The Hall–Kier alpha value is -1.83. The first-order valence-corrected chi connectivity index (χ1v) is 11.3. The fraction of sp³-hybridized carbons (Fsp3) is 0.652. The highest BCUT2D eigenvalue weighted by molar-refractivity contribution is 6.68. The maximum absolute atomic E-state index is 12.1. The zero-order valence-electron chi connectivity index (χ0n) is 18.7. The number of nitrogens with one attached hydrogen (secondary N) is 1. The first-order chi connectivity index (χ1) is 14.6. The van der Waals surface area contributed by atoms with E-state index in [1.165, 1.54) is 0 Å². The van der Waals surface area contributed by atoms with E-state index in [9.17, 15) is 9.59 Å². The van der Waals surface area contributed by atoms with Crippen LogP contribution < -0.4 is 10.1 Å². The third-order valence-electron chi connectivity index (χ3n) is 5.54. The molecule has 3 rings (SSSR count). The van der Waals surface area contributed by atoms with Gasteiger partial charge in [0.05, 0.1) is 24.9 Å². The highest BCUT2D eigenvalue weighted by Crippen LogP contribution is 2.39. The topological polar surface area (TPSA) is 83.1 Å². The van der Waals surface area contributed by atoms with Crippen LogP contribution in [0.3, 0.4) is 0 Å². The lowest BCUT2D eigenvalue weighted by molar-refractivity contribution is -0.186. The summed E-state index contributed by atoms with van der Waals surface area (Å²) in [5, 5.41) is 2.21. The molecule has 172 valence electrons. The third kappa shape index (κ3) is 6.11. The number of benzene rings is 1. The molecule has 2 aliphatic rings. The molecule has 0 atom stereocenters. The molecule has 0 unspecified atom stereocenters. The van der Waals surface area contributed by atoms with Crippen molar-refractivity contribution in [2.24, 2.45) is 0 Å². The molecule has 7 nitrogen and oxygen atoms in total. The number of amides is 1. The van der Waals surface area contributed by atoms with E-state index in [1.807, 2.05) is 27.7 Å². The molecule has 1 aliphatic heterocycles. The van der Waals surface area contributed by atoms with Crippen molar-refractivity contribution in [2.45, 2.75) is 83.8 Å². The maximum atomic E-state index is 12.1. The monoisotopic (exact) mass is 453 g/mol. The second-order valence-corrected chi connectivity index (χ2v) is 9.33. The van der Waals surface area contributed by atoms with E-state index in [1.54, 1.807) is 12.1 Å². The largest absolute Gasteiger partial charge is 0.489 e. The molecule has 0 radical (unpaired) electrons. The summed E-state index contributed by atoms with van der Waals surface area (Å²) in [4.78, 5) is 24.1. The van der Waals surface area contributed by atoms with E-state index >= 15 is 0 Å². The lowest BCUT2D eigenvalue weighted by Crippen LogP contribution is -2.38. The van der Waals surface area contributed by atoms with E-state index in [-0.39, 0.29) is 12.6 Å². The summed E-state index contributed by atoms with van der Waals surface area (Å²) in [5.41, 5.74) is 1.48. The molecule has 1 N–H and O–H groups in total. The van der Waals surface area contributed by atoms with Crippen molar-refractivity contribution < 1.29 is 28.5 Å². The minimum absolute atomic E-state index is 0.0624. The Morgan fingerprint density at radius 1 is 1.19 bits per heavy atom. The highest BCUT2D eigenvalue weighted by atomic mass is 35.5. The average molecular weight is 454 g/mol. The van der Waals surface area contributed by atoms with Gasteiger partial charge in [-0.15, -0.1) is 0 Å². The molecule has 2 fully saturated rings. The molecule has 0 aromatic heterocycles. The number of hydrogen-bond acceptors (Lipinski definition) is 6. The first-order valence-electron chi connectivity index (χ1n) is 10.9. The minimum atomic E-state index is -0.577. The normalized spacial score (nSPS) is 18.7. The standard InChI is InChI=1S/C23H32ClNO6/c1-5-17-15(14-25-21(27)31-22(2,3)4)6-7-18(20(24)26)19(17)30-16-8-10-23(11-9-16)28-12-13-29-23/h6-7,16H,5,8-14H2,1-4H3,(H,25,27). The van der Waals surface area contributed by atoms with Crippen molar-refractivity contribution in [3.05, 3.63) is 28.8 Å². The summed E-state index contributed by atoms with van der Waals surface area (Å²) >= 11 is 5.86. The average Bonchev–Trinajstić information content (AvgIpc) is 3.14. The van der Waals surface area contributed by atoms with Gasteiger partial charge in [-0.3, -0.25) is 4.79 Å². The van der Waals surface area contributed by atoms with Crippen LogP contribution >= 0.6 is 11.6 Å². The van der Waals surface area contributed by atoms with Gasteiger partial charge >= 0.3 is 6.09 Å². The fourth-order valence-corrected chi connectivity index (χ4v) is 4.24. The summed E-state index contributed by atoms with van der Waals surface area (Å²) in [6.45, 7) is 8.94. The molecule has 1 spiro atoms. The lowest BCUT2D eigenvalue weighted by atomic mass is 9.91. The quantitative estimate of drug-likeness (QED) is 0.627. The van der Waals surface area contributed by atoms with Gasteiger partial charge in [-0.05, 0) is 68.8 Å². The van der Waals surface area contributed by atoms with Crippen molar-refractivity contribution >= 4 is 22.9 Å². The Morgan fingerprint density at radius 3 is 2.39 bits per heavy atom. The molecule has 8 heteroatoms. The molecule has 1 heterocycles. The SMILES string of the molecule is CCc1c(CNC(=O)OC(C)(C)C)ccc(C(=O)Cl)c1OC1CCC2(CC1)OCCO2. The number of carbonyl (C=O) groups is 2. The highest BCUT2D eigenvalue weighted by Gasteiger charge is 2.41. The summed E-state index contributed by atoms with van der Waals surface area (Å²) in [6, 6.07) is 3.46. The van der Waals surface area contributed by atoms with Gasteiger partial charge in [0.25, 0.3) is 5.24 Å². The molecule has 1 saturated carbocycles. The van der Waals surface area contributed by atoms with Crippen LogP contribution in [-0.4, -0.2) is 42.0 Å². The van der Waals surface area contributed by atoms with Crippen molar-refractivity contribution in [2.75, 3.05) is 13.2 Å². The number of halogens is 1. The van der Waals surface area contributed by atoms with Crippen LogP contribution in [-0.2, 0) is 27.2 Å². The first kappa shape index (κ1) is 23.8. The van der Waals surface area contributed by atoms with Gasteiger partial charge in [0.15, 0.2) is 5.79 Å². The van der Waals surface area contributed by atoms with E-state index in [4.69, 9.17) is 30.5 Å². The van der Waals surface area contributed by atoms with E-state index in [0.717, 1.165) is 36.8 Å². The van der Waals surface area contributed by atoms with Crippen LogP contribution in [0.25, 0.3) is 0 Å². The van der Waals surface area contributed by atoms with Crippen molar-refractivity contribution in [1.29, 1.82) is 0 Å². The molecule has 1 aliphatic carbocycles. The molecule has 1 aromatic rings. The Bertz CT molecular complexity index is 803. The summed E-state index contributed by atoms with van der Waals surface area (Å²) in [7, 11) is 0. The Balaban J connectivity index is 1.75. The van der Waals surface area contributed by atoms with Crippen LogP contribution in [0, 0.1) is 0 Å². The number of ether oxygens (including phenoxy) is 4. The summed E-state index contributed by atoms with van der Waals surface area (Å²) in [6.07, 6.45) is 3.10. The van der Waals surface area contributed by atoms with Gasteiger partial charge in [-0.25, -0.2) is 4.79 Å². The number of carbonyl (C=O) groups excluding carboxylic acids is 2. The second kappa shape index (κ2) is 9.76. The van der Waals surface area contributed by atoms with Crippen LogP contribution in [0.2, 0.25) is 0 Å². The van der Waals surface area contributed by atoms with Crippen molar-refractivity contribution in [1.82, 2.24) is 5.32 Å². The van der Waals surface area contributed by atoms with Gasteiger partial charge in [0.1, 0.15) is 11.4 Å². The number of alkyl carbamates (subject to hydrolysis) is 1. The fourth-order valence-electron chi connectivity index (χ4n) is 4.09. The van der Waals surface area contributed by atoms with E-state index < -0.39 is 22.7 Å². The molecule has 1 amide bonds. The maximum Gasteiger partial charge on any atom is 0.407 e. The van der Waals surface area contributed by atoms with Crippen LogP contribution in [0.15, 0.2) is 12.1 Å². The summed E-state index contributed by atoms with van der Waals surface area (Å²) in [5.74, 6) is 0.0257. The Morgan fingerprint density at radius 2 is 1.84 bits per heavy atom. The van der Waals surface area contributed by atoms with Crippen molar-refractivity contribution in [3.8, 4) is 5.75 Å². The molecule has 1 aromatic carbocycles. The van der Waals surface area contributed by atoms with Crippen LogP contribution in [0.5, 0.6) is 5.75 Å². The van der Waals surface area contributed by atoms with Gasteiger partial charge in [0.2, 0.25) is 0 Å². The molecule has 1 saturated heterocycles. The molecule has 31 heavy (non-hydrogen) atoms. The van der Waals surface area contributed by atoms with Crippen LogP contribution in [0.1, 0.15) is 74.9 Å². The van der Waals surface area contributed by atoms with Crippen molar-refractivity contribution in [3.63, 3.8) is 0 Å². The molecular weight excluding hydrogens is 422 g/mol. The van der Waals surface area contributed by atoms with Gasteiger partial charge in [-0.2, -0.15) is 0 Å². The van der Waals surface area contributed by atoms with E-state index in [0.29, 0.717) is 30.9 Å². The number of rotatable bonds is 6. The third-order valence-corrected chi connectivity index (χ3v) is 5.74. The zero-order chi connectivity index (χ0) is 22.6. The summed E-state index contributed by atoms with van der Waals surface area (Å²) < 4.78 is 23.2. The smallest absolute Gasteiger partial charge is 0.407 e. The molecular formula is C23H32ClNO6. The van der Waals surface area contributed by atoms with Crippen LogP contribution in [0.4, 0.5) is 4.79 Å². The van der Waals surface area contributed by atoms with Gasteiger partial charge in [0, 0.05) is 19.4 Å². The van der Waals surface area contributed by atoms with E-state index in [2.05, 4.69) is 5.32 Å². The molecule has 0 bridgehead atoms. The second-order valence-electron chi connectivity index (χ2n) is 8.99. The number of hydrogen-bond donors (Lipinski definition) is 1. The van der Waals surface area contributed by atoms with Gasteiger partial charge in [-0.1, -0.05) is 13.0 Å². The zero-order valence-corrected chi connectivity index (χ0v) is 19.5.